The predicted octanol–water partition coefficient (Wildman–Crippen LogP) is 4.99. The first-order chi connectivity index (χ1) is 20.2. The van der Waals surface area contributed by atoms with Gasteiger partial charge in [-0.3, -0.25) is 0 Å². The zero-order chi connectivity index (χ0) is 29.7. The monoisotopic (exact) mass is 630 g/mol. The third-order valence-electron chi connectivity index (χ3n) is 6.59. The molecule has 5 rings (SSSR count). The van der Waals surface area contributed by atoms with Gasteiger partial charge in [-0.15, -0.1) is 21.5 Å². The molecule has 0 atom stereocenters. The van der Waals surface area contributed by atoms with Gasteiger partial charge < -0.3 is 14.8 Å². The Labute approximate surface area is 253 Å². The molecule has 11 nitrogen and oxygen atoms in total. The highest BCUT2D eigenvalue weighted by Crippen LogP contribution is 2.49. The van der Waals surface area contributed by atoms with Gasteiger partial charge in [-0.05, 0) is 55.2 Å². The average molecular weight is 631 g/mol. The first-order valence-electron chi connectivity index (χ1n) is 13.5. The standard InChI is InChI=1S/C28H31ClN6O5S2/c1-18(2)40-23(36)16-39-25-24(29)26(41-27(25)28-31-33-34-32-28)20-9-6-10-22(15-20)30-21-11-13-35(14-12-21)42(37,38)17-19-7-4-3-5-8-19/h3-10,15,18,21,30H,11-14,16-17H2,1-2H3,(H,31,32,33,34). The van der Waals surface area contributed by atoms with Crippen LogP contribution >= 0.6 is 22.9 Å². The van der Waals surface area contributed by atoms with Crippen molar-refractivity contribution in [2.24, 2.45) is 0 Å². The predicted molar refractivity (Wildman–Crippen MR) is 162 cm³/mol. The second-order valence-electron chi connectivity index (χ2n) is 10.1. The van der Waals surface area contributed by atoms with Gasteiger partial charge in [-0.25, -0.2) is 17.5 Å². The van der Waals surface area contributed by atoms with Crippen LogP contribution in [0.2, 0.25) is 5.02 Å². The summed E-state index contributed by atoms with van der Waals surface area (Å²) in [6, 6.07) is 17.1. The van der Waals surface area contributed by atoms with Crippen molar-refractivity contribution in [2.45, 2.75) is 44.6 Å². The fourth-order valence-electron chi connectivity index (χ4n) is 4.68. The Morgan fingerprint density at radius 2 is 1.90 bits per heavy atom. The van der Waals surface area contributed by atoms with E-state index in [1.54, 1.807) is 18.2 Å². The van der Waals surface area contributed by atoms with Crippen LogP contribution in [0.5, 0.6) is 5.75 Å². The molecule has 0 amide bonds. The lowest BCUT2D eigenvalue weighted by Gasteiger charge is -2.32. The lowest BCUT2D eigenvalue weighted by atomic mass is 10.1. The molecule has 2 aromatic carbocycles. The van der Waals surface area contributed by atoms with E-state index in [1.165, 1.54) is 11.3 Å². The minimum atomic E-state index is -3.38. The molecule has 2 N–H and O–H groups in total. The van der Waals surface area contributed by atoms with E-state index >= 15 is 0 Å². The minimum absolute atomic E-state index is 0.00597. The molecule has 0 saturated carbocycles. The summed E-state index contributed by atoms with van der Waals surface area (Å²) in [6.45, 7) is 4.11. The molecule has 42 heavy (non-hydrogen) atoms. The van der Waals surface area contributed by atoms with Crippen LogP contribution in [0.25, 0.3) is 21.1 Å². The van der Waals surface area contributed by atoms with Gasteiger partial charge in [0.2, 0.25) is 15.8 Å². The summed E-state index contributed by atoms with van der Waals surface area (Å²) in [7, 11) is -3.38. The Kier molecular flexibility index (Phi) is 9.41. The Morgan fingerprint density at radius 3 is 2.60 bits per heavy atom. The highest BCUT2D eigenvalue weighted by Gasteiger charge is 2.29. The summed E-state index contributed by atoms with van der Waals surface area (Å²) < 4.78 is 38.4. The third-order valence-corrected chi connectivity index (χ3v) is 10.1. The molecule has 1 fully saturated rings. The molecule has 0 spiro atoms. The van der Waals surface area contributed by atoms with Crippen LogP contribution in [-0.2, 0) is 25.3 Å². The first-order valence-corrected chi connectivity index (χ1v) is 16.3. The summed E-state index contributed by atoms with van der Waals surface area (Å²) in [5.41, 5.74) is 2.50. The molecule has 222 valence electrons. The van der Waals surface area contributed by atoms with Gasteiger partial charge in [0.15, 0.2) is 12.4 Å². The average Bonchev–Trinajstić information content (AvgIpc) is 3.60. The van der Waals surface area contributed by atoms with Crippen LogP contribution in [0.3, 0.4) is 0 Å². The number of piperidine rings is 1. The number of nitrogens with zero attached hydrogens (tertiary/aromatic N) is 4. The minimum Gasteiger partial charge on any atom is -0.479 e. The van der Waals surface area contributed by atoms with Crippen LogP contribution < -0.4 is 10.1 Å². The van der Waals surface area contributed by atoms with Crippen LogP contribution in [0, 0.1) is 0 Å². The molecule has 1 aliphatic heterocycles. The highest BCUT2D eigenvalue weighted by molar-refractivity contribution is 7.88. The van der Waals surface area contributed by atoms with Crippen molar-refractivity contribution in [3.63, 3.8) is 0 Å². The Bertz CT molecular complexity index is 1600. The van der Waals surface area contributed by atoms with Crippen molar-refractivity contribution >= 4 is 44.6 Å². The first kappa shape index (κ1) is 30.0. The summed E-state index contributed by atoms with van der Waals surface area (Å²) >= 11 is 8.12. The number of hydrogen-bond donors (Lipinski definition) is 2. The molecular formula is C28H31ClN6O5S2. The number of rotatable bonds is 11. The second kappa shape index (κ2) is 13.2. The van der Waals surface area contributed by atoms with E-state index in [1.807, 2.05) is 54.6 Å². The highest BCUT2D eigenvalue weighted by atomic mass is 35.5. The van der Waals surface area contributed by atoms with E-state index in [9.17, 15) is 13.2 Å². The number of benzene rings is 2. The van der Waals surface area contributed by atoms with Crippen molar-refractivity contribution in [1.29, 1.82) is 0 Å². The molecule has 0 radical (unpaired) electrons. The largest absolute Gasteiger partial charge is 0.479 e. The molecule has 3 heterocycles. The third kappa shape index (κ3) is 7.27. The van der Waals surface area contributed by atoms with E-state index in [4.69, 9.17) is 21.1 Å². The fraction of sp³-hybridized carbons (Fsp3) is 0.357. The van der Waals surface area contributed by atoms with Crippen LogP contribution in [-0.4, -0.2) is 71.2 Å². The number of halogens is 1. The summed E-state index contributed by atoms with van der Waals surface area (Å²) in [4.78, 5) is 13.4. The van der Waals surface area contributed by atoms with Gasteiger partial charge in [-0.2, -0.15) is 5.21 Å². The molecule has 4 aromatic rings. The number of carbonyl (C=O) groups is 1. The maximum absolute atomic E-state index is 12.9. The second-order valence-corrected chi connectivity index (χ2v) is 13.5. The number of tetrazole rings is 1. The van der Waals surface area contributed by atoms with Crippen LogP contribution in [0.4, 0.5) is 5.69 Å². The van der Waals surface area contributed by atoms with Crippen LogP contribution in [0.1, 0.15) is 32.3 Å². The normalized spacial score (nSPS) is 14.7. The molecule has 0 bridgehead atoms. The van der Waals surface area contributed by atoms with Gasteiger partial charge >= 0.3 is 5.97 Å². The molecule has 2 aromatic heterocycles. The molecular weight excluding hydrogens is 600 g/mol. The van der Waals surface area contributed by atoms with E-state index < -0.39 is 16.0 Å². The number of anilines is 1. The molecule has 0 unspecified atom stereocenters. The number of thiophene rings is 1. The van der Waals surface area contributed by atoms with Crippen molar-refractivity contribution in [1.82, 2.24) is 24.9 Å². The number of carbonyl (C=O) groups excluding carboxylic acids is 1. The van der Waals surface area contributed by atoms with Crippen molar-refractivity contribution in [2.75, 3.05) is 25.0 Å². The van der Waals surface area contributed by atoms with Crippen molar-refractivity contribution in [3.8, 4) is 26.9 Å². The lowest BCUT2D eigenvalue weighted by molar-refractivity contribution is -0.149. The molecule has 1 saturated heterocycles. The fourth-order valence-corrected chi connectivity index (χ4v) is 7.74. The summed E-state index contributed by atoms with van der Waals surface area (Å²) in [6.07, 6.45) is 1.10. The number of aromatic nitrogens is 4. The summed E-state index contributed by atoms with van der Waals surface area (Å²) in [5, 5.41) is 18.1. The quantitative estimate of drug-likeness (QED) is 0.219. The Hall–Kier alpha value is -3.52. The Balaban J connectivity index is 1.28. The van der Waals surface area contributed by atoms with Crippen LogP contribution in [0.15, 0.2) is 54.6 Å². The number of nitrogens with one attached hydrogen (secondary N) is 2. The molecule has 14 heteroatoms. The Morgan fingerprint density at radius 1 is 1.14 bits per heavy atom. The number of ether oxygens (including phenoxy) is 2. The van der Waals surface area contributed by atoms with Gasteiger partial charge in [-0.1, -0.05) is 54.1 Å². The number of sulfonamides is 1. The lowest BCUT2D eigenvalue weighted by Crippen LogP contribution is -2.42. The zero-order valence-electron chi connectivity index (χ0n) is 23.1. The van der Waals surface area contributed by atoms with E-state index in [0.29, 0.717) is 46.5 Å². The van der Waals surface area contributed by atoms with E-state index in [-0.39, 0.29) is 30.3 Å². The van der Waals surface area contributed by atoms with Crippen molar-refractivity contribution < 1.29 is 22.7 Å². The topological polar surface area (TPSA) is 139 Å². The smallest absolute Gasteiger partial charge is 0.344 e. The zero-order valence-corrected chi connectivity index (χ0v) is 25.5. The maximum Gasteiger partial charge on any atom is 0.344 e. The SMILES string of the molecule is CC(C)OC(=O)COc1c(-c2nn[nH]n2)sc(-c2cccc(NC3CCN(S(=O)(=O)Cc4ccccc4)CC3)c2)c1Cl. The number of hydrogen-bond acceptors (Lipinski definition) is 10. The van der Waals surface area contributed by atoms with Gasteiger partial charge in [0.25, 0.3) is 0 Å². The number of H-pyrrole nitrogens is 1. The van der Waals surface area contributed by atoms with Crippen molar-refractivity contribution in [3.05, 3.63) is 65.2 Å². The van der Waals surface area contributed by atoms with E-state index in [0.717, 1.165) is 16.8 Å². The maximum atomic E-state index is 12.9. The molecule has 1 aliphatic rings. The van der Waals surface area contributed by atoms with E-state index in [2.05, 4.69) is 25.9 Å². The molecule has 0 aliphatic carbocycles. The number of aromatic amines is 1. The van der Waals surface area contributed by atoms with Gasteiger partial charge in [0.1, 0.15) is 9.90 Å². The summed E-state index contributed by atoms with van der Waals surface area (Å²) in [5.74, 6) is 0.0642. The number of esters is 1. The van der Waals surface area contributed by atoms with Gasteiger partial charge in [0, 0.05) is 24.8 Å². The van der Waals surface area contributed by atoms with Gasteiger partial charge in [0.05, 0.1) is 16.7 Å².